The van der Waals surface area contributed by atoms with Gasteiger partial charge < -0.3 is 10.1 Å². The third kappa shape index (κ3) is 4.75. The first-order valence-electron chi connectivity index (χ1n) is 7.90. The van der Waals surface area contributed by atoms with E-state index in [9.17, 15) is 0 Å². The fourth-order valence-electron chi connectivity index (χ4n) is 2.07. The molecule has 20 heavy (non-hydrogen) atoms. The monoisotopic (exact) mass is 277 g/mol. The molecule has 1 aromatic rings. The van der Waals surface area contributed by atoms with E-state index in [1.807, 2.05) is 6.20 Å². The molecule has 1 heterocycles. The highest BCUT2D eigenvalue weighted by Gasteiger charge is 2.21. The van der Waals surface area contributed by atoms with E-state index in [2.05, 4.69) is 36.1 Å². The Kier molecular flexibility index (Phi) is 5.77. The first kappa shape index (κ1) is 15.2. The molecule has 0 saturated heterocycles. The highest BCUT2D eigenvalue weighted by molar-refractivity contribution is 5.25. The number of nitrogens with one attached hydrogen (secondary N) is 1. The molecule has 4 nitrogen and oxygen atoms in total. The van der Waals surface area contributed by atoms with Crippen molar-refractivity contribution in [2.45, 2.75) is 58.9 Å². The van der Waals surface area contributed by atoms with Crippen LogP contribution in [0.15, 0.2) is 6.20 Å². The molecule has 1 fully saturated rings. The summed E-state index contributed by atoms with van der Waals surface area (Å²) in [5.41, 5.74) is 0.993. The normalized spacial score (nSPS) is 14.8. The van der Waals surface area contributed by atoms with Crippen molar-refractivity contribution in [3.63, 3.8) is 0 Å². The van der Waals surface area contributed by atoms with Gasteiger partial charge in [0.1, 0.15) is 5.82 Å². The van der Waals surface area contributed by atoms with Gasteiger partial charge in [0.2, 0.25) is 0 Å². The van der Waals surface area contributed by atoms with Crippen molar-refractivity contribution in [1.29, 1.82) is 0 Å². The van der Waals surface area contributed by atoms with E-state index in [1.165, 1.54) is 12.8 Å². The van der Waals surface area contributed by atoms with E-state index in [4.69, 9.17) is 4.74 Å². The van der Waals surface area contributed by atoms with E-state index < -0.39 is 0 Å². The Morgan fingerprint density at radius 3 is 2.85 bits per heavy atom. The van der Waals surface area contributed by atoms with Crippen LogP contribution in [0.3, 0.4) is 0 Å². The Hall–Kier alpha value is -1.16. The van der Waals surface area contributed by atoms with E-state index in [0.29, 0.717) is 5.92 Å². The topological polar surface area (TPSA) is 47.0 Å². The van der Waals surface area contributed by atoms with Crippen LogP contribution >= 0.6 is 0 Å². The molecule has 112 valence electrons. The molecular formula is C16H27N3O. The Morgan fingerprint density at radius 1 is 1.40 bits per heavy atom. The van der Waals surface area contributed by atoms with Gasteiger partial charge in [-0.05, 0) is 25.3 Å². The molecule has 0 aliphatic heterocycles. The predicted molar refractivity (Wildman–Crippen MR) is 81.0 cm³/mol. The number of hydrogen-bond acceptors (Lipinski definition) is 4. The van der Waals surface area contributed by atoms with Gasteiger partial charge in [-0.1, -0.05) is 33.6 Å². The lowest BCUT2D eigenvalue weighted by atomic mass is 10.2. The SMILES string of the molecule is CCCNCc1nc(C(C)C)ncc1OCCC1CC1. The largest absolute Gasteiger partial charge is 0.490 e. The lowest BCUT2D eigenvalue weighted by Crippen LogP contribution is -2.17. The molecule has 0 radical (unpaired) electrons. The van der Waals surface area contributed by atoms with Gasteiger partial charge in [-0.15, -0.1) is 0 Å². The quantitative estimate of drug-likeness (QED) is 0.704. The van der Waals surface area contributed by atoms with E-state index in [0.717, 1.165) is 55.7 Å². The number of ether oxygens (including phenoxy) is 1. The summed E-state index contributed by atoms with van der Waals surface area (Å²) < 4.78 is 5.89. The summed E-state index contributed by atoms with van der Waals surface area (Å²) in [5, 5.41) is 3.40. The second kappa shape index (κ2) is 7.58. The average molecular weight is 277 g/mol. The predicted octanol–water partition coefficient (Wildman–Crippen LogP) is 3.28. The molecule has 4 heteroatoms. The first-order chi connectivity index (χ1) is 9.70. The van der Waals surface area contributed by atoms with Crippen LogP contribution in [0.1, 0.15) is 63.9 Å². The van der Waals surface area contributed by atoms with Crippen LogP contribution in [0.25, 0.3) is 0 Å². The zero-order valence-electron chi connectivity index (χ0n) is 13.0. The van der Waals surface area contributed by atoms with Gasteiger partial charge in [0.05, 0.1) is 18.5 Å². The Morgan fingerprint density at radius 2 is 2.20 bits per heavy atom. The molecule has 1 aliphatic carbocycles. The molecule has 1 saturated carbocycles. The Balaban J connectivity index is 1.97. The molecule has 2 rings (SSSR count). The zero-order chi connectivity index (χ0) is 14.4. The second-order valence-corrected chi connectivity index (χ2v) is 5.95. The molecule has 0 aromatic carbocycles. The molecule has 0 unspecified atom stereocenters. The maximum atomic E-state index is 5.89. The van der Waals surface area contributed by atoms with Crippen LogP contribution in [0, 0.1) is 5.92 Å². The molecule has 0 amide bonds. The number of nitrogens with zero attached hydrogens (tertiary/aromatic N) is 2. The molecule has 1 aromatic heterocycles. The number of aromatic nitrogens is 2. The fraction of sp³-hybridized carbons (Fsp3) is 0.750. The van der Waals surface area contributed by atoms with Gasteiger partial charge in [0, 0.05) is 12.5 Å². The molecule has 0 bridgehead atoms. The Labute approximate surface area is 122 Å². The summed E-state index contributed by atoms with van der Waals surface area (Å²) in [6.45, 7) is 8.95. The van der Waals surface area contributed by atoms with Crippen LogP contribution in [0.5, 0.6) is 5.75 Å². The second-order valence-electron chi connectivity index (χ2n) is 5.95. The maximum Gasteiger partial charge on any atom is 0.160 e. The standard InChI is InChI=1S/C16H27N3O/c1-4-8-17-10-14-15(20-9-7-13-5-6-13)11-18-16(19-14)12(2)3/h11-13,17H,4-10H2,1-3H3. The molecule has 0 atom stereocenters. The average Bonchev–Trinajstić information content (AvgIpc) is 3.24. The van der Waals surface area contributed by atoms with Crippen molar-refractivity contribution < 1.29 is 4.74 Å². The van der Waals surface area contributed by atoms with Gasteiger partial charge >= 0.3 is 0 Å². The summed E-state index contributed by atoms with van der Waals surface area (Å²) in [7, 11) is 0. The molecular weight excluding hydrogens is 250 g/mol. The van der Waals surface area contributed by atoms with E-state index in [1.54, 1.807) is 0 Å². The maximum absolute atomic E-state index is 5.89. The van der Waals surface area contributed by atoms with Gasteiger partial charge in [0.15, 0.2) is 5.75 Å². The summed E-state index contributed by atoms with van der Waals surface area (Å²) in [5.74, 6) is 2.99. The van der Waals surface area contributed by atoms with Crippen molar-refractivity contribution in [1.82, 2.24) is 15.3 Å². The summed E-state index contributed by atoms with van der Waals surface area (Å²) >= 11 is 0. The lowest BCUT2D eigenvalue weighted by molar-refractivity contribution is 0.295. The van der Waals surface area contributed by atoms with Gasteiger partial charge in [-0.2, -0.15) is 0 Å². The third-order valence-electron chi connectivity index (χ3n) is 3.56. The zero-order valence-corrected chi connectivity index (χ0v) is 13.0. The fourth-order valence-corrected chi connectivity index (χ4v) is 2.07. The van der Waals surface area contributed by atoms with Crippen LogP contribution in [-0.4, -0.2) is 23.1 Å². The number of rotatable bonds is 9. The molecule has 1 aliphatic rings. The van der Waals surface area contributed by atoms with Crippen LogP contribution < -0.4 is 10.1 Å². The highest BCUT2D eigenvalue weighted by Crippen LogP contribution is 2.32. The minimum atomic E-state index is 0.348. The summed E-state index contributed by atoms with van der Waals surface area (Å²) in [6, 6.07) is 0. The minimum absolute atomic E-state index is 0.348. The van der Waals surface area contributed by atoms with Crippen LogP contribution in [0.4, 0.5) is 0 Å². The highest BCUT2D eigenvalue weighted by atomic mass is 16.5. The van der Waals surface area contributed by atoms with Gasteiger partial charge in [-0.3, -0.25) is 0 Å². The smallest absolute Gasteiger partial charge is 0.160 e. The summed E-state index contributed by atoms with van der Waals surface area (Å²) in [6.07, 6.45) is 6.88. The third-order valence-corrected chi connectivity index (χ3v) is 3.56. The minimum Gasteiger partial charge on any atom is -0.490 e. The van der Waals surface area contributed by atoms with E-state index >= 15 is 0 Å². The molecule has 1 N–H and O–H groups in total. The summed E-state index contributed by atoms with van der Waals surface area (Å²) in [4.78, 5) is 9.08. The van der Waals surface area contributed by atoms with Gasteiger partial charge in [0.25, 0.3) is 0 Å². The van der Waals surface area contributed by atoms with Crippen molar-refractivity contribution in [3.05, 3.63) is 17.7 Å². The molecule has 0 spiro atoms. The van der Waals surface area contributed by atoms with E-state index in [-0.39, 0.29) is 0 Å². The van der Waals surface area contributed by atoms with Crippen LogP contribution in [0.2, 0.25) is 0 Å². The Bertz CT molecular complexity index is 416. The van der Waals surface area contributed by atoms with Gasteiger partial charge in [-0.25, -0.2) is 9.97 Å². The van der Waals surface area contributed by atoms with Crippen molar-refractivity contribution in [3.8, 4) is 5.75 Å². The van der Waals surface area contributed by atoms with Crippen LogP contribution in [-0.2, 0) is 6.54 Å². The van der Waals surface area contributed by atoms with Crippen molar-refractivity contribution >= 4 is 0 Å². The number of hydrogen-bond donors (Lipinski definition) is 1. The van der Waals surface area contributed by atoms with Crippen molar-refractivity contribution in [2.75, 3.05) is 13.2 Å². The van der Waals surface area contributed by atoms with Crippen molar-refractivity contribution in [2.24, 2.45) is 5.92 Å². The lowest BCUT2D eigenvalue weighted by Gasteiger charge is -2.13. The first-order valence-corrected chi connectivity index (χ1v) is 7.90.